The topological polar surface area (TPSA) is 26.3 Å². The number of esters is 1. The SMILES string of the molecule is CCCCC1OC(=O)C2=CCCC[C@@H]21. The second-order valence-electron chi connectivity index (χ2n) is 4.28. The van der Waals surface area contributed by atoms with Crippen LogP contribution < -0.4 is 0 Å². The summed E-state index contributed by atoms with van der Waals surface area (Å²) < 4.78 is 5.40. The van der Waals surface area contributed by atoms with Crippen LogP contribution in [0.5, 0.6) is 0 Å². The van der Waals surface area contributed by atoms with Gasteiger partial charge in [0.2, 0.25) is 0 Å². The lowest BCUT2D eigenvalue weighted by molar-refractivity contribution is -0.139. The molecule has 0 aromatic carbocycles. The Kier molecular flexibility index (Phi) is 2.90. The zero-order valence-electron chi connectivity index (χ0n) is 8.79. The fourth-order valence-corrected chi connectivity index (χ4v) is 2.48. The van der Waals surface area contributed by atoms with Crippen LogP contribution in [-0.2, 0) is 9.53 Å². The normalized spacial score (nSPS) is 30.9. The Bertz CT molecular complexity index is 255. The number of rotatable bonds is 3. The molecule has 2 heteroatoms. The maximum absolute atomic E-state index is 11.5. The fraction of sp³-hybridized carbons (Fsp3) is 0.750. The Morgan fingerprint density at radius 2 is 2.43 bits per heavy atom. The van der Waals surface area contributed by atoms with E-state index in [1.54, 1.807) is 0 Å². The molecule has 2 aliphatic rings. The minimum Gasteiger partial charge on any atom is -0.458 e. The second-order valence-corrected chi connectivity index (χ2v) is 4.28. The molecule has 0 saturated carbocycles. The zero-order valence-corrected chi connectivity index (χ0v) is 8.79. The molecule has 0 aromatic heterocycles. The van der Waals surface area contributed by atoms with Gasteiger partial charge in [0.25, 0.3) is 0 Å². The Hall–Kier alpha value is -0.790. The molecule has 78 valence electrons. The molecule has 0 radical (unpaired) electrons. The van der Waals surface area contributed by atoms with Crippen LogP contribution in [0.25, 0.3) is 0 Å². The van der Waals surface area contributed by atoms with E-state index in [4.69, 9.17) is 4.74 Å². The lowest BCUT2D eigenvalue weighted by Crippen LogP contribution is -2.18. The molecule has 0 spiro atoms. The highest BCUT2D eigenvalue weighted by atomic mass is 16.6. The van der Waals surface area contributed by atoms with Gasteiger partial charge >= 0.3 is 5.97 Å². The van der Waals surface area contributed by atoms with Crippen LogP contribution in [0.4, 0.5) is 0 Å². The summed E-state index contributed by atoms with van der Waals surface area (Å²) >= 11 is 0. The van der Waals surface area contributed by atoms with Gasteiger partial charge in [-0.15, -0.1) is 0 Å². The second kappa shape index (κ2) is 4.16. The van der Waals surface area contributed by atoms with Crippen molar-refractivity contribution in [3.63, 3.8) is 0 Å². The van der Waals surface area contributed by atoms with Crippen molar-refractivity contribution in [3.8, 4) is 0 Å². The molecular weight excluding hydrogens is 176 g/mol. The molecule has 1 aliphatic heterocycles. The number of cyclic esters (lactones) is 1. The molecule has 2 rings (SSSR count). The maximum atomic E-state index is 11.5. The van der Waals surface area contributed by atoms with Crippen LogP contribution in [0.1, 0.15) is 45.4 Å². The fourth-order valence-electron chi connectivity index (χ4n) is 2.48. The van der Waals surface area contributed by atoms with E-state index in [1.807, 2.05) is 0 Å². The third kappa shape index (κ3) is 1.70. The summed E-state index contributed by atoms with van der Waals surface area (Å²) in [6, 6.07) is 0. The number of carbonyl (C=O) groups excluding carboxylic acids is 1. The van der Waals surface area contributed by atoms with Crippen molar-refractivity contribution >= 4 is 5.97 Å². The van der Waals surface area contributed by atoms with Gasteiger partial charge in [-0.2, -0.15) is 0 Å². The van der Waals surface area contributed by atoms with Gasteiger partial charge in [-0.25, -0.2) is 4.79 Å². The number of hydrogen-bond acceptors (Lipinski definition) is 2. The Labute approximate surface area is 85.3 Å². The van der Waals surface area contributed by atoms with Gasteiger partial charge in [0.1, 0.15) is 6.10 Å². The highest BCUT2D eigenvalue weighted by Gasteiger charge is 2.39. The first-order valence-electron chi connectivity index (χ1n) is 5.74. The van der Waals surface area contributed by atoms with Crippen LogP contribution in [0.3, 0.4) is 0 Å². The van der Waals surface area contributed by atoms with Gasteiger partial charge in [-0.1, -0.05) is 25.8 Å². The van der Waals surface area contributed by atoms with Crippen molar-refractivity contribution in [1.82, 2.24) is 0 Å². The smallest absolute Gasteiger partial charge is 0.334 e. The summed E-state index contributed by atoms with van der Waals surface area (Å²) in [6.45, 7) is 2.17. The van der Waals surface area contributed by atoms with E-state index in [1.165, 1.54) is 19.3 Å². The summed E-state index contributed by atoms with van der Waals surface area (Å²) in [4.78, 5) is 11.5. The van der Waals surface area contributed by atoms with Gasteiger partial charge < -0.3 is 4.74 Å². The standard InChI is InChI=1S/C12H18O2/c1-2-3-8-11-9-6-4-5-7-10(9)12(13)14-11/h7,9,11H,2-6,8H2,1H3/t9-,11?/m0/s1. The van der Waals surface area contributed by atoms with E-state index in [9.17, 15) is 4.79 Å². The molecule has 0 amide bonds. The number of hydrogen-bond donors (Lipinski definition) is 0. The molecule has 14 heavy (non-hydrogen) atoms. The molecule has 0 bridgehead atoms. The third-order valence-corrected chi connectivity index (χ3v) is 3.27. The van der Waals surface area contributed by atoms with E-state index >= 15 is 0 Å². The molecule has 0 aromatic rings. The number of carbonyl (C=O) groups is 1. The summed E-state index contributed by atoms with van der Waals surface area (Å²) in [7, 11) is 0. The highest BCUT2D eigenvalue weighted by molar-refractivity contribution is 5.91. The Morgan fingerprint density at radius 1 is 1.57 bits per heavy atom. The maximum Gasteiger partial charge on any atom is 0.334 e. The minimum atomic E-state index is -0.0456. The van der Waals surface area contributed by atoms with Crippen molar-refractivity contribution in [2.24, 2.45) is 5.92 Å². The zero-order chi connectivity index (χ0) is 9.97. The predicted molar refractivity (Wildman–Crippen MR) is 54.8 cm³/mol. The number of unbranched alkanes of at least 4 members (excludes halogenated alkanes) is 1. The van der Waals surface area contributed by atoms with E-state index in [0.717, 1.165) is 24.8 Å². The van der Waals surface area contributed by atoms with Gasteiger partial charge in [-0.05, 0) is 25.7 Å². The Morgan fingerprint density at radius 3 is 3.21 bits per heavy atom. The molecule has 0 N–H and O–H groups in total. The van der Waals surface area contributed by atoms with Crippen LogP contribution >= 0.6 is 0 Å². The lowest BCUT2D eigenvalue weighted by Gasteiger charge is -2.19. The van der Waals surface area contributed by atoms with Gasteiger partial charge in [0.05, 0.1) is 0 Å². The summed E-state index contributed by atoms with van der Waals surface area (Å²) in [6.07, 6.45) is 9.09. The van der Waals surface area contributed by atoms with Gasteiger partial charge in [0, 0.05) is 11.5 Å². The van der Waals surface area contributed by atoms with E-state index < -0.39 is 0 Å². The van der Waals surface area contributed by atoms with Crippen LogP contribution in [0, 0.1) is 5.92 Å². The average molecular weight is 194 g/mol. The first-order chi connectivity index (χ1) is 6.83. The lowest BCUT2D eigenvalue weighted by atomic mass is 9.84. The molecule has 1 saturated heterocycles. The molecule has 2 nitrogen and oxygen atoms in total. The quantitative estimate of drug-likeness (QED) is 0.646. The van der Waals surface area contributed by atoms with Gasteiger partial charge in [-0.3, -0.25) is 0 Å². The van der Waals surface area contributed by atoms with Crippen LogP contribution in [-0.4, -0.2) is 12.1 Å². The molecule has 1 heterocycles. The highest BCUT2D eigenvalue weighted by Crippen LogP contribution is 2.37. The first kappa shape index (κ1) is 9.75. The minimum absolute atomic E-state index is 0.0456. The number of ether oxygens (including phenoxy) is 1. The van der Waals surface area contributed by atoms with E-state index in [-0.39, 0.29) is 12.1 Å². The van der Waals surface area contributed by atoms with Crippen molar-refractivity contribution in [2.45, 2.75) is 51.6 Å². The Balaban J connectivity index is 2.04. The first-order valence-corrected chi connectivity index (χ1v) is 5.74. The molecular formula is C12H18O2. The monoisotopic (exact) mass is 194 g/mol. The van der Waals surface area contributed by atoms with E-state index in [0.29, 0.717) is 5.92 Å². The van der Waals surface area contributed by atoms with Crippen molar-refractivity contribution < 1.29 is 9.53 Å². The van der Waals surface area contributed by atoms with Crippen molar-refractivity contribution in [2.75, 3.05) is 0 Å². The number of allylic oxidation sites excluding steroid dienone is 1. The molecule has 2 atom stereocenters. The average Bonchev–Trinajstić information content (AvgIpc) is 2.54. The summed E-state index contributed by atoms with van der Waals surface area (Å²) in [5, 5.41) is 0. The molecule has 1 fully saturated rings. The molecule has 1 aliphatic carbocycles. The van der Waals surface area contributed by atoms with Crippen molar-refractivity contribution in [3.05, 3.63) is 11.6 Å². The molecule has 1 unspecified atom stereocenters. The van der Waals surface area contributed by atoms with Crippen LogP contribution in [0.2, 0.25) is 0 Å². The largest absolute Gasteiger partial charge is 0.458 e. The summed E-state index contributed by atoms with van der Waals surface area (Å²) in [5.41, 5.74) is 0.970. The predicted octanol–water partition coefficient (Wildman–Crippen LogP) is 2.83. The van der Waals surface area contributed by atoms with Gasteiger partial charge in [0.15, 0.2) is 0 Å². The van der Waals surface area contributed by atoms with E-state index in [2.05, 4.69) is 13.0 Å². The summed E-state index contributed by atoms with van der Waals surface area (Å²) in [5.74, 6) is 0.374. The van der Waals surface area contributed by atoms with Crippen LogP contribution in [0.15, 0.2) is 11.6 Å². The third-order valence-electron chi connectivity index (χ3n) is 3.27. The number of fused-ring (bicyclic) bond motifs is 1. The van der Waals surface area contributed by atoms with Crippen molar-refractivity contribution in [1.29, 1.82) is 0 Å².